The quantitative estimate of drug-likeness (QED) is 0.486. The van der Waals surface area contributed by atoms with Crippen LogP contribution in [0.4, 0.5) is 0 Å². The summed E-state index contributed by atoms with van der Waals surface area (Å²) in [7, 11) is 0. The van der Waals surface area contributed by atoms with Gasteiger partial charge in [0, 0.05) is 32.9 Å². The average Bonchev–Trinajstić information content (AvgIpc) is 3.41. The minimum Gasteiger partial charge on any atom is -0.419 e. The van der Waals surface area contributed by atoms with Crippen LogP contribution < -0.4 is 0 Å². The van der Waals surface area contributed by atoms with Crippen molar-refractivity contribution in [1.29, 1.82) is 0 Å². The van der Waals surface area contributed by atoms with E-state index >= 15 is 0 Å². The SMILES string of the molecule is Cc1cc(Cl)c(CC(=O)N(Cc2nnc(-c3ccc(Cl)cc3)o2)C2CC2)c(Cl)n1. The predicted molar refractivity (Wildman–Crippen MR) is 111 cm³/mol. The van der Waals surface area contributed by atoms with Crippen LogP contribution >= 0.6 is 34.8 Å². The van der Waals surface area contributed by atoms with E-state index in [0.29, 0.717) is 33.1 Å². The van der Waals surface area contributed by atoms with Crippen molar-refractivity contribution in [2.75, 3.05) is 0 Å². The van der Waals surface area contributed by atoms with Gasteiger partial charge in [0.05, 0.1) is 13.0 Å². The van der Waals surface area contributed by atoms with Crippen LogP contribution in [0.25, 0.3) is 11.5 Å². The molecule has 1 fully saturated rings. The summed E-state index contributed by atoms with van der Waals surface area (Å²) in [4.78, 5) is 18.9. The number of benzene rings is 1. The van der Waals surface area contributed by atoms with E-state index < -0.39 is 0 Å². The summed E-state index contributed by atoms with van der Waals surface area (Å²) in [6, 6.07) is 8.97. The Labute approximate surface area is 182 Å². The number of nitrogens with zero attached hydrogens (tertiary/aromatic N) is 4. The monoisotopic (exact) mass is 450 g/mol. The first kappa shape index (κ1) is 20.1. The number of halogens is 3. The van der Waals surface area contributed by atoms with Gasteiger partial charge < -0.3 is 9.32 Å². The van der Waals surface area contributed by atoms with E-state index in [1.54, 1.807) is 42.2 Å². The molecule has 6 nitrogen and oxygen atoms in total. The molecule has 3 aromatic rings. The van der Waals surface area contributed by atoms with Gasteiger partial charge in [0.2, 0.25) is 17.7 Å². The topological polar surface area (TPSA) is 72.1 Å². The fraction of sp³-hybridized carbons (Fsp3) is 0.300. The van der Waals surface area contributed by atoms with Crippen LogP contribution in [0.1, 0.15) is 30.0 Å². The third-order valence-electron chi connectivity index (χ3n) is 4.65. The average molecular weight is 452 g/mol. The summed E-state index contributed by atoms with van der Waals surface area (Å²) in [5.74, 6) is 0.649. The molecule has 9 heteroatoms. The second-order valence-electron chi connectivity index (χ2n) is 6.95. The summed E-state index contributed by atoms with van der Waals surface area (Å²) in [5.41, 5.74) is 2.00. The molecule has 2 heterocycles. The number of amides is 1. The van der Waals surface area contributed by atoms with E-state index in [-0.39, 0.29) is 30.1 Å². The van der Waals surface area contributed by atoms with Gasteiger partial charge in [-0.05, 0) is 50.1 Å². The molecule has 0 N–H and O–H groups in total. The molecule has 0 aliphatic heterocycles. The number of aryl methyl sites for hydroxylation is 1. The van der Waals surface area contributed by atoms with Crippen LogP contribution in [0, 0.1) is 6.92 Å². The highest BCUT2D eigenvalue weighted by molar-refractivity contribution is 6.35. The lowest BCUT2D eigenvalue weighted by molar-refractivity contribution is -0.132. The predicted octanol–water partition coefficient (Wildman–Crippen LogP) is 5.13. The lowest BCUT2D eigenvalue weighted by Crippen LogP contribution is -2.34. The maximum absolute atomic E-state index is 13.0. The Morgan fingerprint density at radius 1 is 1.17 bits per heavy atom. The van der Waals surface area contributed by atoms with Crippen LogP contribution in [0.2, 0.25) is 15.2 Å². The Balaban J connectivity index is 1.50. The smallest absolute Gasteiger partial charge is 0.247 e. The Hall–Kier alpha value is -2.15. The highest BCUT2D eigenvalue weighted by atomic mass is 35.5. The van der Waals surface area contributed by atoms with Crippen molar-refractivity contribution in [1.82, 2.24) is 20.1 Å². The Morgan fingerprint density at radius 2 is 1.90 bits per heavy atom. The highest BCUT2D eigenvalue weighted by Crippen LogP contribution is 2.31. The Bertz CT molecular complexity index is 1030. The standard InChI is InChI=1S/C20H17Cl3N4O2/c1-11-8-16(22)15(19(23)24-11)9-18(28)27(14-6-7-14)10-17-25-26-20(29-17)12-2-4-13(21)5-3-12/h2-5,8,14H,6-7,9-10H2,1H3. The van der Waals surface area contributed by atoms with E-state index in [1.807, 2.05) is 0 Å². The number of pyridine rings is 1. The Morgan fingerprint density at radius 3 is 2.55 bits per heavy atom. The molecule has 1 aliphatic rings. The fourth-order valence-corrected chi connectivity index (χ4v) is 3.80. The van der Waals surface area contributed by atoms with Gasteiger partial charge in [0.1, 0.15) is 5.15 Å². The van der Waals surface area contributed by atoms with Gasteiger partial charge in [-0.3, -0.25) is 4.79 Å². The molecule has 1 aliphatic carbocycles. The second-order valence-corrected chi connectivity index (χ2v) is 8.15. The third-order valence-corrected chi connectivity index (χ3v) is 5.55. The van der Waals surface area contributed by atoms with Crippen LogP contribution in [-0.2, 0) is 17.8 Å². The molecule has 2 aromatic heterocycles. The van der Waals surface area contributed by atoms with Gasteiger partial charge in [0.15, 0.2) is 0 Å². The number of rotatable bonds is 6. The summed E-state index contributed by atoms with van der Waals surface area (Å²) in [6.07, 6.45) is 1.95. The molecule has 0 saturated heterocycles. The van der Waals surface area contributed by atoms with E-state index in [1.165, 1.54) is 0 Å². The minimum absolute atomic E-state index is 0.0691. The number of hydrogen-bond acceptors (Lipinski definition) is 5. The highest BCUT2D eigenvalue weighted by Gasteiger charge is 2.34. The number of carbonyl (C=O) groups is 1. The largest absolute Gasteiger partial charge is 0.419 e. The number of carbonyl (C=O) groups excluding carboxylic acids is 1. The first-order valence-corrected chi connectivity index (χ1v) is 10.2. The molecule has 1 amide bonds. The summed E-state index contributed by atoms with van der Waals surface area (Å²) in [5, 5.41) is 9.49. The molecular weight excluding hydrogens is 435 g/mol. The number of hydrogen-bond donors (Lipinski definition) is 0. The van der Waals surface area contributed by atoms with E-state index in [4.69, 9.17) is 39.2 Å². The molecule has 0 atom stereocenters. The summed E-state index contributed by atoms with van der Waals surface area (Å²) >= 11 is 18.4. The van der Waals surface area contributed by atoms with Crippen molar-refractivity contribution >= 4 is 40.7 Å². The minimum atomic E-state index is -0.104. The van der Waals surface area contributed by atoms with Crippen LogP contribution in [0.15, 0.2) is 34.7 Å². The third kappa shape index (κ3) is 4.71. The van der Waals surface area contributed by atoms with E-state index in [0.717, 1.165) is 18.4 Å². The van der Waals surface area contributed by atoms with E-state index in [9.17, 15) is 4.79 Å². The second kappa shape index (κ2) is 8.30. The van der Waals surface area contributed by atoms with Crippen molar-refractivity contribution < 1.29 is 9.21 Å². The zero-order valence-corrected chi connectivity index (χ0v) is 17.8. The molecule has 4 rings (SSSR count). The molecule has 1 aromatic carbocycles. The van der Waals surface area contributed by atoms with Crippen LogP contribution in [0.3, 0.4) is 0 Å². The summed E-state index contributed by atoms with van der Waals surface area (Å²) in [6.45, 7) is 2.03. The fourth-order valence-electron chi connectivity index (χ4n) is 3.01. The van der Waals surface area contributed by atoms with E-state index in [2.05, 4.69) is 15.2 Å². The van der Waals surface area contributed by atoms with Crippen molar-refractivity contribution in [2.24, 2.45) is 0 Å². The first-order chi connectivity index (χ1) is 13.9. The molecule has 1 saturated carbocycles. The van der Waals surface area contributed by atoms with Crippen molar-refractivity contribution in [3.05, 3.63) is 62.7 Å². The molecule has 0 radical (unpaired) electrons. The van der Waals surface area contributed by atoms with Crippen molar-refractivity contribution in [2.45, 2.75) is 38.8 Å². The van der Waals surface area contributed by atoms with Gasteiger partial charge in [-0.25, -0.2) is 4.98 Å². The lowest BCUT2D eigenvalue weighted by Gasteiger charge is -2.21. The van der Waals surface area contributed by atoms with Gasteiger partial charge in [-0.2, -0.15) is 0 Å². The first-order valence-electron chi connectivity index (χ1n) is 9.10. The van der Waals surface area contributed by atoms with Crippen LogP contribution in [0.5, 0.6) is 0 Å². The zero-order chi connectivity index (χ0) is 20.5. The molecule has 0 unspecified atom stereocenters. The lowest BCUT2D eigenvalue weighted by atomic mass is 10.1. The van der Waals surface area contributed by atoms with Gasteiger partial charge in [-0.1, -0.05) is 34.8 Å². The molecular formula is C20H17Cl3N4O2. The van der Waals surface area contributed by atoms with Crippen molar-refractivity contribution in [3.63, 3.8) is 0 Å². The molecule has 150 valence electrons. The normalized spacial score (nSPS) is 13.5. The maximum Gasteiger partial charge on any atom is 0.247 e. The zero-order valence-electron chi connectivity index (χ0n) is 15.5. The van der Waals surface area contributed by atoms with Gasteiger partial charge >= 0.3 is 0 Å². The maximum atomic E-state index is 13.0. The van der Waals surface area contributed by atoms with Crippen molar-refractivity contribution in [3.8, 4) is 11.5 Å². The molecule has 29 heavy (non-hydrogen) atoms. The van der Waals surface area contributed by atoms with Gasteiger partial charge in [0.25, 0.3) is 0 Å². The van der Waals surface area contributed by atoms with Gasteiger partial charge in [-0.15, -0.1) is 10.2 Å². The number of aromatic nitrogens is 3. The molecule has 0 spiro atoms. The molecule has 0 bridgehead atoms. The van der Waals surface area contributed by atoms with Crippen LogP contribution in [-0.4, -0.2) is 32.0 Å². The summed E-state index contributed by atoms with van der Waals surface area (Å²) < 4.78 is 5.76. The Kier molecular flexibility index (Phi) is 5.76.